The highest BCUT2D eigenvalue weighted by Gasteiger charge is 2.35. The van der Waals surface area contributed by atoms with E-state index in [9.17, 15) is 22.4 Å². The predicted octanol–water partition coefficient (Wildman–Crippen LogP) is 4.98. The Bertz CT molecular complexity index is 903. The smallest absolute Gasteiger partial charge is 0.419 e. The molecule has 3 rings (SSSR count). The number of carbonyl (C=O) groups is 1. The number of benzene rings is 2. The van der Waals surface area contributed by atoms with Crippen LogP contribution in [0.4, 0.5) is 28.0 Å². The van der Waals surface area contributed by atoms with Crippen molar-refractivity contribution in [1.82, 2.24) is 9.80 Å². The van der Waals surface area contributed by atoms with Crippen molar-refractivity contribution in [3.05, 3.63) is 59.4 Å². The van der Waals surface area contributed by atoms with Crippen molar-refractivity contribution < 1.29 is 27.1 Å². The molecule has 31 heavy (non-hydrogen) atoms. The first-order valence-corrected chi connectivity index (χ1v) is 10.0. The van der Waals surface area contributed by atoms with Crippen molar-refractivity contribution in [3.8, 4) is 5.75 Å². The van der Waals surface area contributed by atoms with Gasteiger partial charge in [-0.2, -0.15) is 13.2 Å². The van der Waals surface area contributed by atoms with Crippen LogP contribution in [0.5, 0.6) is 5.75 Å². The number of methoxy groups -OCH3 is 1. The summed E-state index contributed by atoms with van der Waals surface area (Å²) in [5.41, 5.74) is -0.370. The summed E-state index contributed by atoms with van der Waals surface area (Å²) in [6.07, 6.45) is -4.07. The van der Waals surface area contributed by atoms with Gasteiger partial charge in [-0.1, -0.05) is 12.1 Å². The van der Waals surface area contributed by atoms with Crippen LogP contribution in [0.1, 0.15) is 24.5 Å². The van der Waals surface area contributed by atoms with E-state index in [1.807, 2.05) is 31.2 Å². The molecule has 1 atom stereocenters. The van der Waals surface area contributed by atoms with Gasteiger partial charge < -0.3 is 15.0 Å². The number of likely N-dealkylation sites (tertiary alicyclic amines) is 1. The molecule has 2 aromatic rings. The van der Waals surface area contributed by atoms with E-state index in [-0.39, 0.29) is 11.7 Å². The van der Waals surface area contributed by atoms with Gasteiger partial charge in [-0.3, -0.25) is 4.90 Å². The molecule has 0 aliphatic carbocycles. The molecule has 1 aliphatic heterocycles. The van der Waals surface area contributed by atoms with Crippen molar-refractivity contribution in [2.24, 2.45) is 0 Å². The number of nitrogens with zero attached hydrogens (tertiary/aromatic N) is 2. The van der Waals surface area contributed by atoms with Crippen LogP contribution in [0.3, 0.4) is 0 Å². The number of hydrogen-bond donors (Lipinski definition) is 1. The van der Waals surface area contributed by atoms with Gasteiger partial charge in [-0.05, 0) is 49.2 Å². The number of nitrogens with one attached hydrogen (secondary N) is 1. The molecule has 1 saturated heterocycles. The highest BCUT2D eigenvalue weighted by Crippen LogP contribution is 2.33. The monoisotopic (exact) mass is 439 g/mol. The molecule has 0 radical (unpaired) electrons. The van der Waals surface area contributed by atoms with Gasteiger partial charge in [0.05, 0.1) is 12.7 Å². The molecule has 1 unspecified atom stereocenters. The van der Waals surface area contributed by atoms with Crippen LogP contribution in [0, 0.1) is 5.82 Å². The molecule has 1 fully saturated rings. The molecular formula is C22H25F4N3O2. The van der Waals surface area contributed by atoms with Crippen LogP contribution in [0.15, 0.2) is 42.5 Å². The Labute approximate surface area is 178 Å². The minimum atomic E-state index is -4.83. The molecule has 168 valence electrons. The third kappa shape index (κ3) is 5.66. The third-order valence-corrected chi connectivity index (χ3v) is 5.38. The first kappa shape index (κ1) is 22.9. The van der Waals surface area contributed by atoms with Crippen molar-refractivity contribution in [2.45, 2.75) is 32.1 Å². The maximum atomic E-state index is 13.5. The molecule has 0 saturated carbocycles. The zero-order chi connectivity index (χ0) is 22.6. The Morgan fingerprint density at radius 3 is 2.55 bits per heavy atom. The predicted molar refractivity (Wildman–Crippen MR) is 109 cm³/mol. The average molecular weight is 439 g/mol. The Balaban J connectivity index is 1.62. The molecule has 5 nitrogen and oxygen atoms in total. The zero-order valence-electron chi connectivity index (χ0n) is 17.4. The van der Waals surface area contributed by atoms with Gasteiger partial charge in [0.15, 0.2) is 0 Å². The number of carbonyl (C=O) groups excluding carboxylic acids is 1. The third-order valence-electron chi connectivity index (χ3n) is 5.38. The number of likely N-dealkylation sites (N-methyl/N-ethyl adjacent to an activating group) is 1. The second-order valence-electron chi connectivity index (χ2n) is 7.43. The summed E-state index contributed by atoms with van der Waals surface area (Å²) >= 11 is 0. The van der Waals surface area contributed by atoms with Crippen LogP contribution in [0.25, 0.3) is 0 Å². The molecule has 2 amide bonds. The van der Waals surface area contributed by atoms with Crippen LogP contribution < -0.4 is 10.1 Å². The fourth-order valence-corrected chi connectivity index (χ4v) is 3.78. The van der Waals surface area contributed by atoms with E-state index in [0.29, 0.717) is 25.2 Å². The molecular weight excluding hydrogens is 414 g/mol. The van der Waals surface area contributed by atoms with Crippen molar-refractivity contribution in [1.29, 1.82) is 0 Å². The van der Waals surface area contributed by atoms with Gasteiger partial charge >= 0.3 is 12.2 Å². The van der Waals surface area contributed by atoms with Gasteiger partial charge in [0.25, 0.3) is 0 Å². The first-order chi connectivity index (χ1) is 14.7. The topological polar surface area (TPSA) is 44.8 Å². The summed E-state index contributed by atoms with van der Waals surface area (Å²) in [6, 6.07) is 9.66. The summed E-state index contributed by atoms with van der Waals surface area (Å²) in [5, 5.41) is 2.47. The van der Waals surface area contributed by atoms with Crippen LogP contribution in [0.2, 0.25) is 0 Å². The summed E-state index contributed by atoms with van der Waals surface area (Å²) in [7, 11) is 1.61. The van der Waals surface area contributed by atoms with E-state index >= 15 is 0 Å². The lowest BCUT2D eigenvalue weighted by atomic mass is 10.2. The number of halogens is 4. The lowest BCUT2D eigenvalue weighted by Gasteiger charge is -2.28. The summed E-state index contributed by atoms with van der Waals surface area (Å²) < 4.78 is 57.4. The Hall–Kier alpha value is -2.81. The zero-order valence-corrected chi connectivity index (χ0v) is 17.4. The molecule has 2 aromatic carbocycles. The number of anilines is 1. The second kappa shape index (κ2) is 9.55. The lowest BCUT2D eigenvalue weighted by Crippen LogP contribution is -2.44. The van der Waals surface area contributed by atoms with Crippen molar-refractivity contribution >= 4 is 11.7 Å². The number of rotatable bonds is 6. The molecule has 0 spiro atoms. The van der Waals surface area contributed by atoms with Gasteiger partial charge in [-0.25, -0.2) is 9.18 Å². The maximum absolute atomic E-state index is 13.5. The van der Waals surface area contributed by atoms with E-state index in [1.54, 1.807) is 12.0 Å². The number of amides is 2. The van der Waals surface area contributed by atoms with E-state index in [4.69, 9.17) is 4.74 Å². The van der Waals surface area contributed by atoms with E-state index < -0.39 is 23.6 Å². The van der Waals surface area contributed by atoms with Crippen LogP contribution in [-0.4, -0.2) is 48.6 Å². The largest absolute Gasteiger partial charge is 0.497 e. The number of urea groups is 1. The van der Waals surface area contributed by atoms with Crippen molar-refractivity contribution in [2.75, 3.05) is 32.1 Å². The fraction of sp³-hybridized carbons (Fsp3) is 0.409. The van der Waals surface area contributed by atoms with Gasteiger partial charge in [0, 0.05) is 37.9 Å². The Morgan fingerprint density at radius 1 is 1.23 bits per heavy atom. The van der Waals surface area contributed by atoms with Gasteiger partial charge in [0.1, 0.15) is 11.6 Å². The SMILES string of the molecule is CCN(C(=O)Nc1ccc(F)c(C(F)(F)F)c1)C1CCN(Cc2ccc(OC)cc2)C1. The molecule has 1 heterocycles. The van der Waals surface area contributed by atoms with E-state index in [2.05, 4.69) is 10.2 Å². The minimum Gasteiger partial charge on any atom is -0.497 e. The summed E-state index contributed by atoms with van der Waals surface area (Å²) in [5.74, 6) is -0.589. The summed E-state index contributed by atoms with van der Waals surface area (Å²) in [6.45, 7) is 4.41. The normalized spacial score (nSPS) is 16.9. The van der Waals surface area contributed by atoms with Crippen molar-refractivity contribution in [3.63, 3.8) is 0 Å². The van der Waals surface area contributed by atoms with Crippen LogP contribution in [-0.2, 0) is 12.7 Å². The van der Waals surface area contributed by atoms with Crippen LogP contribution >= 0.6 is 0 Å². The lowest BCUT2D eigenvalue weighted by molar-refractivity contribution is -0.139. The second-order valence-corrected chi connectivity index (χ2v) is 7.43. The molecule has 1 aliphatic rings. The van der Waals surface area contributed by atoms with Gasteiger partial charge in [-0.15, -0.1) is 0 Å². The Morgan fingerprint density at radius 2 is 1.94 bits per heavy atom. The maximum Gasteiger partial charge on any atom is 0.419 e. The number of hydrogen-bond acceptors (Lipinski definition) is 3. The van der Waals surface area contributed by atoms with E-state index in [0.717, 1.165) is 36.9 Å². The van der Waals surface area contributed by atoms with E-state index in [1.165, 1.54) is 0 Å². The first-order valence-electron chi connectivity index (χ1n) is 10.0. The quantitative estimate of drug-likeness (QED) is 0.646. The van der Waals surface area contributed by atoms with Gasteiger partial charge in [0.2, 0.25) is 0 Å². The average Bonchev–Trinajstić information content (AvgIpc) is 3.17. The highest BCUT2D eigenvalue weighted by atomic mass is 19.4. The molecule has 0 aromatic heterocycles. The molecule has 1 N–H and O–H groups in total. The summed E-state index contributed by atoms with van der Waals surface area (Å²) in [4.78, 5) is 16.5. The Kier molecular flexibility index (Phi) is 7.04. The molecule has 0 bridgehead atoms. The number of ether oxygens (including phenoxy) is 1. The fourth-order valence-electron chi connectivity index (χ4n) is 3.78. The number of alkyl halides is 3. The molecule has 9 heteroatoms. The highest BCUT2D eigenvalue weighted by molar-refractivity contribution is 5.89. The minimum absolute atomic E-state index is 0.0641. The standard InChI is InChI=1S/C22H25F4N3O2/c1-3-29(21(30)27-16-6-9-20(23)19(12-16)22(24,25)26)17-10-11-28(14-17)13-15-4-7-18(31-2)8-5-15/h4-9,12,17H,3,10-11,13-14H2,1-2H3,(H,27,30).